The molecule has 0 saturated heterocycles. The summed E-state index contributed by atoms with van der Waals surface area (Å²) in [5, 5.41) is 12.1. The lowest BCUT2D eigenvalue weighted by Gasteiger charge is -1.81. The Morgan fingerprint density at radius 3 is 2.88 bits per heavy atom. The van der Waals surface area contributed by atoms with Crippen molar-refractivity contribution in [2.24, 2.45) is 0 Å². The van der Waals surface area contributed by atoms with E-state index in [9.17, 15) is 0 Å². The van der Waals surface area contributed by atoms with E-state index in [4.69, 9.17) is 16.7 Å². The molecule has 0 spiro atoms. The van der Waals surface area contributed by atoms with Gasteiger partial charge in [-0.3, -0.25) is 0 Å². The van der Waals surface area contributed by atoms with Gasteiger partial charge in [0.2, 0.25) is 0 Å². The zero-order valence-electron chi connectivity index (χ0n) is 3.97. The average molecular weight is 134 g/mol. The van der Waals surface area contributed by atoms with Crippen LogP contribution in [0.15, 0.2) is 10.7 Å². The smallest absolute Gasteiger partial charge is 0.180 e. The molecule has 0 atom stereocenters. The molecule has 0 fully saturated rings. The molecule has 0 aliphatic rings. The van der Waals surface area contributed by atoms with Crippen LogP contribution in [0.4, 0.5) is 0 Å². The largest absolute Gasteiger partial charge is 0.388 e. The number of hydrogen-bond acceptors (Lipinski definition) is 3. The van der Waals surface area contributed by atoms with Gasteiger partial charge in [-0.25, -0.2) is 0 Å². The highest BCUT2D eigenvalue weighted by molar-refractivity contribution is 6.30. The third-order valence-electron chi connectivity index (χ3n) is 0.739. The van der Waals surface area contributed by atoms with Crippen molar-refractivity contribution >= 4 is 11.6 Å². The van der Waals surface area contributed by atoms with Crippen LogP contribution in [0.2, 0.25) is 5.02 Å². The summed E-state index contributed by atoms with van der Waals surface area (Å²) in [6.45, 7) is -0.196. The Morgan fingerprint density at radius 1 is 1.88 bits per heavy atom. The topological polar surface area (TPSA) is 46.3 Å². The highest BCUT2D eigenvalue weighted by Crippen LogP contribution is 2.12. The minimum Gasteiger partial charge on any atom is -0.388 e. The van der Waals surface area contributed by atoms with Gasteiger partial charge in [-0.05, 0) is 0 Å². The predicted octanol–water partition coefficient (Wildman–Crippen LogP) is 0.820. The average Bonchev–Trinajstić information content (AvgIpc) is 2.14. The van der Waals surface area contributed by atoms with Gasteiger partial charge >= 0.3 is 0 Å². The summed E-state index contributed by atoms with van der Waals surface area (Å²) in [4.78, 5) is 0. The minimum absolute atomic E-state index is 0.196. The summed E-state index contributed by atoms with van der Waals surface area (Å²) in [7, 11) is 0. The number of nitrogens with zero attached hydrogens (tertiary/aromatic N) is 1. The van der Waals surface area contributed by atoms with Crippen molar-refractivity contribution < 1.29 is 9.63 Å². The standard InChI is InChI=1S/C4H4ClNO2/c5-3-1-6-8-4(3)2-7/h1,7H,2H2. The third kappa shape index (κ3) is 0.827. The maximum atomic E-state index is 8.39. The molecule has 3 nitrogen and oxygen atoms in total. The van der Waals surface area contributed by atoms with E-state index >= 15 is 0 Å². The molecule has 1 aromatic rings. The number of rotatable bonds is 1. The Morgan fingerprint density at radius 2 is 2.62 bits per heavy atom. The zero-order valence-corrected chi connectivity index (χ0v) is 4.72. The summed E-state index contributed by atoms with van der Waals surface area (Å²) >= 11 is 5.42. The van der Waals surface area contributed by atoms with Crippen molar-refractivity contribution in [3.8, 4) is 0 Å². The van der Waals surface area contributed by atoms with Crippen LogP contribution in [0.25, 0.3) is 0 Å². The molecule has 0 aromatic carbocycles. The van der Waals surface area contributed by atoms with Crippen molar-refractivity contribution in [1.29, 1.82) is 0 Å². The molecule has 1 rings (SSSR count). The maximum Gasteiger partial charge on any atom is 0.180 e. The normalized spacial score (nSPS) is 9.75. The van der Waals surface area contributed by atoms with Crippen molar-refractivity contribution in [2.45, 2.75) is 6.61 Å². The van der Waals surface area contributed by atoms with Crippen LogP contribution in [0, 0.1) is 0 Å². The van der Waals surface area contributed by atoms with E-state index in [2.05, 4.69) is 9.68 Å². The summed E-state index contributed by atoms with van der Waals surface area (Å²) in [5.74, 6) is 0.312. The first-order valence-electron chi connectivity index (χ1n) is 2.04. The Labute approximate surface area is 50.9 Å². The van der Waals surface area contributed by atoms with Crippen molar-refractivity contribution in [3.05, 3.63) is 17.0 Å². The highest BCUT2D eigenvalue weighted by Gasteiger charge is 2.00. The number of aliphatic hydroxyl groups is 1. The van der Waals surface area contributed by atoms with E-state index in [1.165, 1.54) is 6.20 Å². The molecule has 0 unspecified atom stereocenters. The van der Waals surface area contributed by atoms with E-state index in [0.717, 1.165) is 0 Å². The van der Waals surface area contributed by atoms with Crippen LogP contribution in [-0.4, -0.2) is 10.3 Å². The molecule has 0 aliphatic heterocycles. The van der Waals surface area contributed by atoms with Crippen LogP contribution in [0.1, 0.15) is 5.76 Å². The first-order valence-corrected chi connectivity index (χ1v) is 2.42. The molecule has 0 aliphatic carbocycles. The lowest BCUT2D eigenvalue weighted by Crippen LogP contribution is -1.75. The predicted molar refractivity (Wildman–Crippen MR) is 27.4 cm³/mol. The van der Waals surface area contributed by atoms with E-state index < -0.39 is 0 Å². The number of aromatic nitrogens is 1. The fourth-order valence-corrected chi connectivity index (χ4v) is 0.490. The Balaban J connectivity index is 2.92. The summed E-state index contributed by atoms with van der Waals surface area (Å²) in [5.41, 5.74) is 0. The highest BCUT2D eigenvalue weighted by atomic mass is 35.5. The van der Waals surface area contributed by atoms with Crippen LogP contribution in [0.5, 0.6) is 0 Å². The molecule has 0 saturated carbocycles. The third-order valence-corrected chi connectivity index (χ3v) is 1.05. The molecule has 1 heterocycles. The van der Waals surface area contributed by atoms with Gasteiger partial charge in [0, 0.05) is 0 Å². The molecule has 0 amide bonds. The summed E-state index contributed by atoms with van der Waals surface area (Å²) in [6, 6.07) is 0. The number of hydrogen-bond donors (Lipinski definition) is 1. The van der Waals surface area contributed by atoms with E-state index in [-0.39, 0.29) is 6.61 Å². The van der Waals surface area contributed by atoms with Gasteiger partial charge in [0.1, 0.15) is 11.6 Å². The monoisotopic (exact) mass is 133 g/mol. The van der Waals surface area contributed by atoms with Gasteiger partial charge in [0.05, 0.1) is 6.20 Å². The van der Waals surface area contributed by atoms with Gasteiger partial charge < -0.3 is 9.63 Å². The molecule has 8 heavy (non-hydrogen) atoms. The van der Waals surface area contributed by atoms with E-state index in [1.54, 1.807) is 0 Å². The molecule has 0 radical (unpaired) electrons. The Bertz CT molecular complexity index is 174. The molecule has 1 N–H and O–H groups in total. The Kier molecular flexibility index (Phi) is 1.50. The fourth-order valence-electron chi connectivity index (χ4n) is 0.356. The van der Waals surface area contributed by atoms with E-state index in [1.807, 2.05) is 0 Å². The second-order valence-corrected chi connectivity index (χ2v) is 1.66. The summed E-state index contributed by atoms with van der Waals surface area (Å²) < 4.78 is 4.48. The van der Waals surface area contributed by atoms with Crippen LogP contribution < -0.4 is 0 Å². The lowest BCUT2D eigenvalue weighted by atomic mass is 10.5. The van der Waals surface area contributed by atoms with Crippen molar-refractivity contribution in [3.63, 3.8) is 0 Å². The van der Waals surface area contributed by atoms with Crippen LogP contribution in [-0.2, 0) is 6.61 Å². The summed E-state index contributed by atoms with van der Waals surface area (Å²) in [6.07, 6.45) is 1.34. The van der Waals surface area contributed by atoms with E-state index in [0.29, 0.717) is 10.8 Å². The SMILES string of the molecule is OCc1oncc1Cl. The van der Waals surface area contributed by atoms with Gasteiger partial charge in [0.15, 0.2) is 5.76 Å². The fraction of sp³-hybridized carbons (Fsp3) is 0.250. The molecular weight excluding hydrogens is 130 g/mol. The second kappa shape index (κ2) is 2.15. The Hall–Kier alpha value is -0.540. The maximum absolute atomic E-state index is 8.39. The van der Waals surface area contributed by atoms with Crippen molar-refractivity contribution in [1.82, 2.24) is 5.16 Å². The lowest BCUT2D eigenvalue weighted by molar-refractivity contribution is 0.229. The van der Waals surface area contributed by atoms with Crippen LogP contribution in [0.3, 0.4) is 0 Å². The molecule has 1 aromatic heterocycles. The van der Waals surface area contributed by atoms with Gasteiger partial charge in [-0.1, -0.05) is 16.8 Å². The molecule has 44 valence electrons. The van der Waals surface area contributed by atoms with Crippen LogP contribution >= 0.6 is 11.6 Å². The quantitative estimate of drug-likeness (QED) is 0.617. The van der Waals surface area contributed by atoms with Gasteiger partial charge in [-0.2, -0.15) is 0 Å². The molecular formula is C4H4ClNO2. The zero-order chi connectivity index (χ0) is 5.98. The molecule has 0 bridgehead atoms. The number of aliphatic hydroxyl groups excluding tert-OH is 1. The molecule has 4 heteroatoms. The van der Waals surface area contributed by atoms with Gasteiger partial charge in [-0.15, -0.1) is 0 Å². The first-order chi connectivity index (χ1) is 3.84. The van der Waals surface area contributed by atoms with Gasteiger partial charge in [0.25, 0.3) is 0 Å². The second-order valence-electron chi connectivity index (χ2n) is 1.26. The number of halogens is 1. The first kappa shape index (κ1) is 5.59. The van der Waals surface area contributed by atoms with Crippen molar-refractivity contribution in [2.75, 3.05) is 0 Å². The minimum atomic E-state index is -0.196.